The zero-order valence-corrected chi connectivity index (χ0v) is 13.9. The Hall–Kier alpha value is -2.33. The molecule has 130 valence electrons. The summed E-state index contributed by atoms with van der Waals surface area (Å²) < 4.78 is 52.4. The summed E-state index contributed by atoms with van der Waals surface area (Å²) in [7, 11) is -0.287. The highest BCUT2D eigenvalue weighted by molar-refractivity contribution is 7.89. The number of nitrogens with zero attached hydrogens (tertiary/aromatic N) is 3. The second-order valence-electron chi connectivity index (χ2n) is 5.12. The van der Waals surface area contributed by atoms with Crippen LogP contribution in [-0.2, 0) is 10.0 Å². The summed E-state index contributed by atoms with van der Waals surface area (Å²) >= 11 is 0. The van der Waals surface area contributed by atoms with Crippen LogP contribution in [0.2, 0.25) is 0 Å². The van der Waals surface area contributed by atoms with E-state index < -0.39 is 26.6 Å². The third-order valence-corrected chi connectivity index (χ3v) is 4.47. The number of nitrogens with one attached hydrogen (secondary N) is 2. The lowest BCUT2D eigenvalue weighted by Crippen LogP contribution is -2.29. The summed E-state index contributed by atoms with van der Waals surface area (Å²) in [6.07, 6.45) is 1.59. The first-order chi connectivity index (χ1) is 11.3. The van der Waals surface area contributed by atoms with Crippen LogP contribution in [0, 0.1) is 11.6 Å². The van der Waals surface area contributed by atoms with E-state index in [2.05, 4.69) is 20.2 Å². The molecule has 0 bridgehead atoms. The van der Waals surface area contributed by atoms with E-state index in [0.717, 1.165) is 17.8 Å². The van der Waals surface area contributed by atoms with Crippen LogP contribution in [0.15, 0.2) is 35.4 Å². The molecule has 0 aliphatic heterocycles. The van der Waals surface area contributed by atoms with E-state index in [-0.39, 0.29) is 13.1 Å². The lowest BCUT2D eigenvalue weighted by Gasteiger charge is -2.13. The zero-order valence-electron chi connectivity index (χ0n) is 13.1. The average molecular weight is 357 g/mol. The molecule has 2 rings (SSSR count). The number of hydrogen-bond acceptors (Lipinski definition) is 6. The number of aromatic nitrogens is 2. The number of halogens is 2. The van der Waals surface area contributed by atoms with Crippen LogP contribution in [0.25, 0.3) is 0 Å². The molecule has 2 aromatic rings. The third-order valence-electron chi connectivity index (χ3n) is 3.03. The van der Waals surface area contributed by atoms with Gasteiger partial charge in [0.25, 0.3) is 0 Å². The fraction of sp³-hybridized carbons (Fsp3) is 0.286. The molecule has 0 amide bonds. The molecule has 0 saturated heterocycles. The van der Waals surface area contributed by atoms with Gasteiger partial charge in [-0.1, -0.05) is 0 Å². The summed E-state index contributed by atoms with van der Waals surface area (Å²) in [5, 5.41) is 10.6. The van der Waals surface area contributed by atoms with E-state index in [1.54, 1.807) is 12.3 Å². The highest BCUT2D eigenvalue weighted by atomic mass is 32.2. The molecular weight excluding hydrogens is 340 g/mol. The van der Waals surface area contributed by atoms with Crippen LogP contribution in [0.4, 0.5) is 20.3 Å². The van der Waals surface area contributed by atoms with E-state index >= 15 is 0 Å². The summed E-state index contributed by atoms with van der Waals surface area (Å²) in [6, 6.07) is 3.87. The van der Waals surface area contributed by atoms with Crippen molar-refractivity contribution in [1.29, 1.82) is 0 Å². The smallest absolute Gasteiger partial charge is 0.240 e. The van der Waals surface area contributed by atoms with Crippen LogP contribution in [-0.4, -0.2) is 45.8 Å². The molecule has 0 saturated carbocycles. The van der Waals surface area contributed by atoms with Gasteiger partial charge in [-0.2, -0.15) is 5.10 Å². The molecule has 1 heterocycles. The second-order valence-corrected chi connectivity index (χ2v) is 6.89. The van der Waals surface area contributed by atoms with Crippen LogP contribution in [0.3, 0.4) is 0 Å². The van der Waals surface area contributed by atoms with Crippen molar-refractivity contribution in [2.45, 2.75) is 4.90 Å². The lowest BCUT2D eigenvalue weighted by molar-refractivity contribution is 0.562. The van der Waals surface area contributed by atoms with Gasteiger partial charge in [-0.25, -0.2) is 21.9 Å². The predicted octanol–water partition coefficient (Wildman–Crippen LogP) is 1.21. The van der Waals surface area contributed by atoms with Crippen molar-refractivity contribution in [1.82, 2.24) is 14.9 Å². The Morgan fingerprint density at radius 3 is 2.38 bits per heavy atom. The molecule has 2 N–H and O–H groups in total. The van der Waals surface area contributed by atoms with Gasteiger partial charge in [0.1, 0.15) is 11.6 Å². The Kier molecular flexibility index (Phi) is 5.62. The van der Waals surface area contributed by atoms with Gasteiger partial charge in [-0.05, 0) is 12.1 Å². The molecule has 24 heavy (non-hydrogen) atoms. The topological polar surface area (TPSA) is 87.2 Å². The van der Waals surface area contributed by atoms with Crippen LogP contribution < -0.4 is 14.9 Å². The molecule has 0 spiro atoms. The van der Waals surface area contributed by atoms with Crippen molar-refractivity contribution in [3.63, 3.8) is 0 Å². The molecule has 10 heteroatoms. The first-order valence-corrected chi connectivity index (χ1v) is 8.46. The van der Waals surface area contributed by atoms with Crippen LogP contribution >= 0.6 is 0 Å². The number of anilines is 2. The predicted molar refractivity (Wildman–Crippen MR) is 86.4 cm³/mol. The Morgan fingerprint density at radius 2 is 1.75 bits per heavy atom. The van der Waals surface area contributed by atoms with E-state index in [1.165, 1.54) is 0 Å². The molecule has 0 radical (unpaired) electrons. The summed E-state index contributed by atoms with van der Waals surface area (Å²) in [5.41, 5.74) is 0.836. The first kappa shape index (κ1) is 18.0. The van der Waals surface area contributed by atoms with E-state index in [9.17, 15) is 17.2 Å². The van der Waals surface area contributed by atoms with Crippen molar-refractivity contribution >= 4 is 21.5 Å². The maximum Gasteiger partial charge on any atom is 0.240 e. The minimum absolute atomic E-state index is 0.00827. The van der Waals surface area contributed by atoms with Crippen molar-refractivity contribution in [3.05, 3.63) is 42.1 Å². The Balaban J connectivity index is 1.92. The van der Waals surface area contributed by atoms with Gasteiger partial charge in [0, 0.05) is 39.3 Å². The largest absolute Gasteiger partial charge is 0.376 e. The van der Waals surface area contributed by atoms with Gasteiger partial charge in [-0.15, -0.1) is 5.10 Å². The summed E-state index contributed by atoms with van der Waals surface area (Å²) in [5.74, 6) is -1.43. The number of hydrogen-bond donors (Lipinski definition) is 2. The maximum atomic E-state index is 13.1. The number of rotatable bonds is 7. The molecule has 1 aromatic heterocycles. The van der Waals surface area contributed by atoms with E-state index in [0.29, 0.717) is 11.9 Å². The van der Waals surface area contributed by atoms with Gasteiger partial charge in [0.05, 0.1) is 16.8 Å². The Morgan fingerprint density at radius 1 is 1.08 bits per heavy atom. The van der Waals surface area contributed by atoms with Gasteiger partial charge < -0.3 is 10.2 Å². The summed E-state index contributed by atoms with van der Waals surface area (Å²) in [4.78, 5) is 1.38. The number of benzene rings is 1. The molecule has 1 aromatic carbocycles. The first-order valence-electron chi connectivity index (χ1n) is 6.97. The normalized spacial score (nSPS) is 11.3. The highest BCUT2D eigenvalue weighted by Crippen LogP contribution is 2.14. The third kappa shape index (κ3) is 4.83. The Bertz CT molecular complexity index is 794. The molecule has 0 atom stereocenters. The standard InChI is InChI=1S/C14H17F2N5O2S/c1-21(2)12-8-14(20-18-9-12)17-3-4-19-24(22,23)13-6-10(15)5-11(16)7-13/h5-9,19H,3-4H2,1-2H3,(H,17,20). The van der Waals surface area contributed by atoms with Gasteiger partial charge in [0.15, 0.2) is 5.82 Å². The molecular formula is C14H17F2N5O2S. The maximum absolute atomic E-state index is 13.1. The van der Waals surface area contributed by atoms with Crippen LogP contribution in [0.1, 0.15) is 0 Å². The van der Waals surface area contributed by atoms with Gasteiger partial charge in [-0.3, -0.25) is 0 Å². The monoisotopic (exact) mass is 357 g/mol. The zero-order chi connectivity index (χ0) is 17.7. The van der Waals surface area contributed by atoms with Crippen molar-refractivity contribution in [2.75, 3.05) is 37.4 Å². The molecule has 0 aliphatic carbocycles. The fourth-order valence-electron chi connectivity index (χ4n) is 1.83. The molecule has 0 fully saturated rings. The average Bonchev–Trinajstić information content (AvgIpc) is 2.51. The minimum Gasteiger partial charge on any atom is -0.376 e. The SMILES string of the molecule is CN(C)c1cnnc(NCCNS(=O)(=O)c2cc(F)cc(F)c2)c1. The lowest BCUT2D eigenvalue weighted by atomic mass is 10.3. The quantitative estimate of drug-likeness (QED) is 0.725. The Labute approximate surface area is 138 Å². The van der Waals surface area contributed by atoms with Gasteiger partial charge >= 0.3 is 0 Å². The van der Waals surface area contributed by atoms with Crippen molar-refractivity contribution in [3.8, 4) is 0 Å². The minimum atomic E-state index is -4.00. The summed E-state index contributed by atoms with van der Waals surface area (Å²) in [6.45, 7) is 0.233. The van der Waals surface area contributed by atoms with E-state index in [1.807, 2.05) is 19.0 Å². The second kappa shape index (κ2) is 7.49. The fourth-order valence-corrected chi connectivity index (χ4v) is 2.90. The van der Waals surface area contributed by atoms with Crippen molar-refractivity contribution in [2.24, 2.45) is 0 Å². The highest BCUT2D eigenvalue weighted by Gasteiger charge is 2.15. The van der Waals surface area contributed by atoms with Gasteiger partial charge in [0.2, 0.25) is 10.0 Å². The molecule has 7 nitrogen and oxygen atoms in total. The van der Waals surface area contributed by atoms with Crippen LogP contribution in [0.5, 0.6) is 0 Å². The number of sulfonamides is 1. The van der Waals surface area contributed by atoms with E-state index in [4.69, 9.17) is 0 Å². The molecule has 0 aliphatic rings. The molecule has 0 unspecified atom stereocenters. The van der Waals surface area contributed by atoms with Crippen molar-refractivity contribution < 1.29 is 17.2 Å².